The van der Waals surface area contributed by atoms with E-state index in [9.17, 15) is 9.59 Å². The van der Waals surface area contributed by atoms with E-state index in [0.717, 1.165) is 18.5 Å². The fourth-order valence-electron chi connectivity index (χ4n) is 4.20. The summed E-state index contributed by atoms with van der Waals surface area (Å²) in [6.07, 6.45) is 3.16. The monoisotopic (exact) mass is 436 g/mol. The van der Waals surface area contributed by atoms with Crippen LogP contribution < -0.4 is 0 Å². The zero-order chi connectivity index (χ0) is 21.8. The highest BCUT2D eigenvalue weighted by atomic mass is 32.1. The lowest BCUT2D eigenvalue weighted by molar-refractivity contribution is -0.134. The molecule has 0 aliphatic carbocycles. The largest absolute Gasteiger partial charge is 0.341 e. The lowest BCUT2D eigenvalue weighted by Crippen LogP contribution is -2.38. The second-order valence-corrected chi connectivity index (χ2v) is 8.94. The molecule has 0 spiro atoms. The quantitative estimate of drug-likeness (QED) is 0.592. The van der Waals surface area contributed by atoms with Crippen molar-refractivity contribution in [1.29, 1.82) is 0 Å². The molecule has 162 valence electrons. The molecular weight excluding hydrogens is 408 g/mol. The van der Waals surface area contributed by atoms with Gasteiger partial charge in [-0.25, -0.2) is 0 Å². The van der Waals surface area contributed by atoms with Gasteiger partial charge in [0.05, 0.1) is 5.92 Å². The summed E-state index contributed by atoms with van der Waals surface area (Å²) in [5.41, 5.74) is 2.84. The zero-order valence-corrected chi connectivity index (χ0v) is 18.8. The second kappa shape index (κ2) is 9.47. The maximum atomic E-state index is 13.3. The van der Waals surface area contributed by atoms with E-state index in [4.69, 9.17) is 0 Å². The molecule has 2 aromatic heterocycles. The van der Waals surface area contributed by atoms with Gasteiger partial charge in [-0.3, -0.25) is 14.3 Å². The van der Waals surface area contributed by atoms with Crippen molar-refractivity contribution >= 4 is 23.2 Å². The van der Waals surface area contributed by atoms with E-state index < -0.39 is 0 Å². The average Bonchev–Trinajstić information content (AvgIpc) is 3.43. The highest BCUT2D eigenvalue weighted by Crippen LogP contribution is 2.27. The molecule has 31 heavy (non-hydrogen) atoms. The highest BCUT2D eigenvalue weighted by Gasteiger charge is 2.33. The predicted octanol–water partition coefficient (Wildman–Crippen LogP) is 3.70. The summed E-state index contributed by atoms with van der Waals surface area (Å²) in [6, 6.07) is 14.3. The standard InChI is InChI=1S/C24H28N4O2S/c1-3-11-27-12-13-28(24(30)21-9-10-25-26(21)2)17-20(23(27)29)16-18-6-4-7-19(15-18)22-8-5-14-31-22/h4-10,14-15,20H,3,11-13,16-17H2,1-2H3/t20-/m0/s1. The third-order valence-electron chi connectivity index (χ3n) is 5.78. The number of carbonyl (C=O) groups is 2. The van der Waals surface area contributed by atoms with Crippen LogP contribution in [0.1, 0.15) is 29.4 Å². The van der Waals surface area contributed by atoms with Crippen molar-refractivity contribution in [3.63, 3.8) is 0 Å². The van der Waals surface area contributed by atoms with Gasteiger partial charge >= 0.3 is 0 Å². The Labute approximate surface area is 187 Å². The molecule has 1 fully saturated rings. The van der Waals surface area contributed by atoms with Gasteiger partial charge in [0.1, 0.15) is 5.69 Å². The molecule has 1 atom stereocenters. The van der Waals surface area contributed by atoms with Crippen molar-refractivity contribution in [2.45, 2.75) is 19.8 Å². The van der Waals surface area contributed by atoms with E-state index in [2.05, 4.69) is 41.7 Å². The molecule has 0 radical (unpaired) electrons. The number of carbonyl (C=O) groups excluding carboxylic acids is 2. The molecule has 0 N–H and O–H groups in total. The number of aryl methyl sites for hydroxylation is 1. The summed E-state index contributed by atoms with van der Waals surface area (Å²) in [4.78, 5) is 31.5. The first kappa shape index (κ1) is 21.3. The van der Waals surface area contributed by atoms with Crippen molar-refractivity contribution in [2.75, 3.05) is 26.2 Å². The van der Waals surface area contributed by atoms with Gasteiger partial charge in [-0.1, -0.05) is 37.3 Å². The van der Waals surface area contributed by atoms with Crippen molar-refractivity contribution in [2.24, 2.45) is 13.0 Å². The van der Waals surface area contributed by atoms with E-state index in [-0.39, 0.29) is 17.7 Å². The van der Waals surface area contributed by atoms with Gasteiger partial charge in [-0.15, -0.1) is 11.3 Å². The second-order valence-electron chi connectivity index (χ2n) is 8.00. The zero-order valence-electron chi connectivity index (χ0n) is 18.0. The third-order valence-corrected chi connectivity index (χ3v) is 6.70. The summed E-state index contributed by atoms with van der Waals surface area (Å²) >= 11 is 1.71. The molecular formula is C24H28N4O2S. The summed E-state index contributed by atoms with van der Waals surface area (Å²) in [5, 5.41) is 6.20. The van der Waals surface area contributed by atoms with Crippen LogP contribution in [0.15, 0.2) is 54.0 Å². The Balaban J connectivity index is 1.58. The number of nitrogens with zero attached hydrogens (tertiary/aromatic N) is 4. The van der Waals surface area contributed by atoms with Crippen molar-refractivity contribution in [3.05, 3.63) is 65.3 Å². The van der Waals surface area contributed by atoms with Crippen LogP contribution >= 0.6 is 11.3 Å². The van der Waals surface area contributed by atoms with Gasteiger partial charge < -0.3 is 9.80 Å². The summed E-state index contributed by atoms with van der Waals surface area (Å²) in [5.74, 6) is -0.183. The average molecular weight is 437 g/mol. The Morgan fingerprint density at radius 3 is 2.77 bits per heavy atom. The Bertz CT molecular complexity index is 1040. The molecule has 0 unspecified atom stereocenters. The number of amides is 2. The van der Waals surface area contributed by atoms with Crippen LogP contribution in [0.2, 0.25) is 0 Å². The topological polar surface area (TPSA) is 58.4 Å². The minimum atomic E-state index is -0.259. The Morgan fingerprint density at radius 2 is 2.06 bits per heavy atom. The first-order valence-electron chi connectivity index (χ1n) is 10.8. The Kier molecular flexibility index (Phi) is 6.51. The molecule has 2 amide bonds. The fraction of sp³-hybridized carbons (Fsp3) is 0.375. The molecule has 3 heterocycles. The number of hydrogen-bond acceptors (Lipinski definition) is 4. The fourth-order valence-corrected chi connectivity index (χ4v) is 4.92. The van der Waals surface area contributed by atoms with Crippen LogP contribution in [-0.2, 0) is 18.3 Å². The smallest absolute Gasteiger partial charge is 0.272 e. The van der Waals surface area contributed by atoms with Gasteiger partial charge in [0.25, 0.3) is 5.91 Å². The van der Waals surface area contributed by atoms with Gasteiger partial charge in [0, 0.05) is 44.3 Å². The Morgan fingerprint density at radius 1 is 1.19 bits per heavy atom. The normalized spacial score (nSPS) is 17.1. The summed E-state index contributed by atoms with van der Waals surface area (Å²) < 4.78 is 1.60. The van der Waals surface area contributed by atoms with E-state index in [1.165, 1.54) is 10.4 Å². The predicted molar refractivity (Wildman–Crippen MR) is 123 cm³/mol. The van der Waals surface area contributed by atoms with Crippen LogP contribution in [0, 0.1) is 5.92 Å². The van der Waals surface area contributed by atoms with Crippen LogP contribution in [-0.4, -0.2) is 57.6 Å². The number of rotatable bonds is 6. The van der Waals surface area contributed by atoms with Crippen molar-refractivity contribution < 1.29 is 9.59 Å². The van der Waals surface area contributed by atoms with E-state index >= 15 is 0 Å². The summed E-state index contributed by atoms with van der Waals surface area (Å²) in [7, 11) is 1.77. The molecule has 0 saturated carbocycles. The molecule has 1 saturated heterocycles. The van der Waals surface area contributed by atoms with Crippen molar-refractivity contribution in [3.8, 4) is 10.4 Å². The van der Waals surface area contributed by atoms with Gasteiger partial charge in [0.15, 0.2) is 0 Å². The molecule has 1 aromatic carbocycles. The van der Waals surface area contributed by atoms with Gasteiger partial charge in [0.2, 0.25) is 5.91 Å². The minimum absolute atomic E-state index is 0.0662. The molecule has 4 rings (SSSR count). The molecule has 6 nitrogen and oxygen atoms in total. The minimum Gasteiger partial charge on any atom is -0.341 e. The number of benzene rings is 1. The SMILES string of the molecule is CCCN1CCN(C(=O)c2ccnn2C)C[C@H](Cc2cccc(-c3cccs3)c2)C1=O. The van der Waals surface area contributed by atoms with E-state index in [0.29, 0.717) is 31.7 Å². The molecule has 0 bridgehead atoms. The maximum Gasteiger partial charge on any atom is 0.272 e. The lowest BCUT2D eigenvalue weighted by atomic mass is 9.96. The summed E-state index contributed by atoms with van der Waals surface area (Å²) in [6.45, 7) is 4.34. The number of thiophene rings is 1. The lowest BCUT2D eigenvalue weighted by Gasteiger charge is -2.24. The molecule has 1 aliphatic heterocycles. The van der Waals surface area contributed by atoms with Crippen LogP contribution in [0.4, 0.5) is 0 Å². The van der Waals surface area contributed by atoms with Crippen LogP contribution in [0.3, 0.4) is 0 Å². The number of hydrogen-bond donors (Lipinski definition) is 0. The van der Waals surface area contributed by atoms with E-state index in [1.807, 2.05) is 21.9 Å². The molecule has 3 aromatic rings. The maximum absolute atomic E-state index is 13.3. The van der Waals surface area contributed by atoms with Crippen molar-refractivity contribution in [1.82, 2.24) is 19.6 Å². The van der Waals surface area contributed by atoms with Gasteiger partial charge in [-0.05, 0) is 41.5 Å². The van der Waals surface area contributed by atoms with E-state index in [1.54, 1.807) is 35.3 Å². The first-order chi connectivity index (χ1) is 15.1. The third kappa shape index (κ3) is 4.71. The van der Waals surface area contributed by atoms with Crippen LogP contribution in [0.25, 0.3) is 10.4 Å². The van der Waals surface area contributed by atoms with Crippen LogP contribution in [0.5, 0.6) is 0 Å². The Hall–Kier alpha value is -2.93. The number of aromatic nitrogens is 2. The first-order valence-corrected chi connectivity index (χ1v) is 11.6. The molecule has 1 aliphatic rings. The molecule has 7 heteroatoms. The van der Waals surface area contributed by atoms with Gasteiger partial charge in [-0.2, -0.15) is 5.10 Å². The highest BCUT2D eigenvalue weighted by molar-refractivity contribution is 7.13.